The van der Waals surface area contributed by atoms with E-state index in [9.17, 15) is 14.4 Å². The highest BCUT2D eigenvalue weighted by Gasteiger charge is 2.36. The van der Waals surface area contributed by atoms with Crippen molar-refractivity contribution in [1.82, 2.24) is 4.90 Å². The smallest absolute Gasteiger partial charge is 0.262 e. The van der Waals surface area contributed by atoms with Crippen molar-refractivity contribution in [3.63, 3.8) is 0 Å². The minimum absolute atomic E-state index is 0.293. The molecule has 24 heavy (non-hydrogen) atoms. The van der Waals surface area contributed by atoms with Crippen LogP contribution in [-0.2, 0) is 4.79 Å². The van der Waals surface area contributed by atoms with Gasteiger partial charge in [-0.1, -0.05) is 38.1 Å². The van der Waals surface area contributed by atoms with Crippen LogP contribution in [0.3, 0.4) is 0 Å². The zero-order valence-electron chi connectivity index (χ0n) is 13.6. The molecule has 1 aliphatic rings. The van der Waals surface area contributed by atoms with Crippen LogP contribution in [0.15, 0.2) is 48.5 Å². The first-order valence-corrected chi connectivity index (χ1v) is 7.82. The van der Waals surface area contributed by atoms with Gasteiger partial charge in [-0.05, 0) is 35.7 Å². The number of carbonyl (C=O) groups is 3. The minimum Gasteiger partial charge on any atom is -0.325 e. The molecular weight excluding hydrogens is 304 g/mol. The quantitative estimate of drug-likeness (QED) is 0.880. The molecule has 0 radical (unpaired) electrons. The fraction of sp³-hybridized carbons (Fsp3) is 0.211. The fourth-order valence-corrected chi connectivity index (χ4v) is 2.70. The number of amides is 3. The predicted octanol–water partition coefficient (Wildman–Crippen LogP) is 3.04. The molecule has 0 aromatic heterocycles. The number of benzene rings is 2. The topological polar surface area (TPSA) is 66.5 Å². The molecule has 1 heterocycles. The lowest BCUT2D eigenvalue weighted by Gasteiger charge is -2.14. The Balaban J connectivity index is 1.71. The van der Waals surface area contributed by atoms with Crippen molar-refractivity contribution in [2.24, 2.45) is 0 Å². The Bertz CT molecular complexity index is 792. The molecule has 2 aromatic carbocycles. The van der Waals surface area contributed by atoms with E-state index in [1.54, 1.807) is 30.3 Å². The van der Waals surface area contributed by atoms with Crippen molar-refractivity contribution in [1.29, 1.82) is 0 Å². The molecule has 3 amide bonds. The van der Waals surface area contributed by atoms with Gasteiger partial charge in [-0.3, -0.25) is 19.3 Å². The first kappa shape index (κ1) is 15.9. The summed E-state index contributed by atoms with van der Waals surface area (Å²) in [6.07, 6.45) is 0. The molecule has 1 N–H and O–H groups in total. The molecule has 5 nitrogen and oxygen atoms in total. The molecule has 0 aliphatic carbocycles. The summed E-state index contributed by atoms with van der Waals surface area (Å²) in [7, 11) is 0. The Kier molecular flexibility index (Phi) is 4.16. The molecule has 0 saturated carbocycles. The van der Waals surface area contributed by atoms with Gasteiger partial charge >= 0.3 is 0 Å². The van der Waals surface area contributed by atoms with Crippen molar-refractivity contribution in [2.75, 3.05) is 11.9 Å². The number of hydrogen-bond acceptors (Lipinski definition) is 3. The van der Waals surface area contributed by atoms with Gasteiger partial charge in [0.1, 0.15) is 6.54 Å². The lowest BCUT2D eigenvalue weighted by atomic mass is 10.0. The van der Waals surface area contributed by atoms with E-state index < -0.39 is 17.7 Å². The molecule has 5 heteroatoms. The second-order valence-electron chi connectivity index (χ2n) is 6.07. The Morgan fingerprint density at radius 1 is 1.00 bits per heavy atom. The third kappa shape index (κ3) is 2.93. The first-order chi connectivity index (χ1) is 11.5. The SMILES string of the molecule is CC(C)c1cccc(NC(=O)CN2C(=O)c3ccccc3C2=O)c1. The van der Waals surface area contributed by atoms with Crippen molar-refractivity contribution in [3.8, 4) is 0 Å². The van der Waals surface area contributed by atoms with Gasteiger partial charge in [0.05, 0.1) is 11.1 Å². The largest absolute Gasteiger partial charge is 0.325 e. The molecule has 0 bridgehead atoms. The lowest BCUT2D eigenvalue weighted by molar-refractivity contribution is -0.116. The Labute approximate surface area is 140 Å². The van der Waals surface area contributed by atoms with Crippen LogP contribution in [0.25, 0.3) is 0 Å². The molecule has 122 valence electrons. The summed E-state index contributed by atoms with van der Waals surface area (Å²) in [4.78, 5) is 37.7. The Morgan fingerprint density at radius 3 is 2.21 bits per heavy atom. The summed E-state index contributed by atoms with van der Waals surface area (Å²) >= 11 is 0. The van der Waals surface area contributed by atoms with Gasteiger partial charge in [0.15, 0.2) is 0 Å². The van der Waals surface area contributed by atoms with E-state index in [0.29, 0.717) is 22.7 Å². The maximum Gasteiger partial charge on any atom is 0.262 e. The van der Waals surface area contributed by atoms with E-state index in [-0.39, 0.29) is 6.54 Å². The highest BCUT2D eigenvalue weighted by atomic mass is 16.2. The van der Waals surface area contributed by atoms with Crippen molar-refractivity contribution in [2.45, 2.75) is 19.8 Å². The molecule has 0 unspecified atom stereocenters. The Hall–Kier alpha value is -2.95. The summed E-state index contributed by atoms with van der Waals surface area (Å²) in [6, 6.07) is 14.1. The molecule has 3 rings (SSSR count). The third-order valence-electron chi connectivity index (χ3n) is 4.02. The van der Waals surface area contributed by atoms with E-state index in [0.717, 1.165) is 10.5 Å². The first-order valence-electron chi connectivity index (χ1n) is 7.82. The van der Waals surface area contributed by atoms with Crippen LogP contribution in [0, 0.1) is 0 Å². The average Bonchev–Trinajstić information content (AvgIpc) is 2.80. The number of nitrogens with zero attached hydrogens (tertiary/aromatic N) is 1. The summed E-state index contributed by atoms with van der Waals surface area (Å²) in [6.45, 7) is 3.84. The minimum atomic E-state index is -0.429. The maximum absolute atomic E-state index is 12.3. The number of anilines is 1. The second kappa shape index (κ2) is 6.28. The Morgan fingerprint density at radius 2 is 1.62 bits per heavy atom. The van der Waals surface area contributed by atoms with Crippen molar-refractivity contribution < 1.29 is 14.4 Å². The van der Waals surface area contributed by atoms with Gasteiger partial charge in [0.25, 0.3) is 11.8 Å². The standard InChI is InChI=1S/C19H18N2O3/c1-12(2)13-6-5-7-14(10-13)20-17(22)11-21-18(23)15-8-3-4-9-16(15)19(21)24/h3-10,12H,11H2,1-2H3,(H,20,22). The fourth-order valence-electron chi connectivity index (χ4n) is 2.70. The summed E-state index contributed by atoms with van der Waals surface area (Å²) < 4.78 is 0. The average molecular weight is 322 g/mol. The van der Waals surface area contributed by atoms with Crippen LogP contribution >= 0.6 is 0 Å². The normalized spacial score (nSPS) is 13.4. The van der Waals surface area contributed by atoms with Gasteiger partial charge < -0.3 is 5.32 Å². The third-order valence-corrected chi connectivity index (χ3v) is 4.02. The van der Waals surface area contributed by atoms with E-state index in [2.05, 4.69) is 19.2 Å². The predicted molar refractivity (Wildman–Crippen MR) is 91.0 cm³/mol. The van der Waals surface area contributed by atoms with Crippen LogP contribution in [0.4, 0.5) is 5.69 Å². The van der Waals surface area contributed by atoms with Gasteiger partial charge in [0, 0.05) is 5.69 Å². The summed E-state index contributed by atoms with van der Waals surface area (Å²) in [5.74, 6) is -0.910. The molecule has 0 saturated heterocycles. The van der Waals surface area contributed by atoms with Gasteiger partial charge in [-0.2, -0.15) is 0 Å². The van der Waals surface area contributed by atoms with E-state index in [1.165, 1.54) is 0 Å². The number of nitrogens with one attached hydrogen (secondary N) is 1. The van der Waals surface area contributed by atoms with Crippen molar-refractivity contribution in [3.05, 3.63) is 65.2 Å². The van der Waals surface area contributed by atoms with Crippen LogP contribution in [0.1, 0.15) is 46.0 Å². The van der Waals surface area contributed by atoms with E-state index in [4.69, 9.17) is 0 Å². The zero-order valence-corrected chi connectivity index (χ0v) is 13.6. The summed E-state index contributed by atoms with van der Waals surface area (Å²) in [5, 5.41) is 2.75. The molecule has 1 aliphatic heterocycles. The van der Waals surface area contributed by atoms with Crippen molar-refractivity contribution >= 4 is 23.4 Å². The molecule has 2 aromatic rings. The van der Waals surface area contributed by atoms with Crippen LogP contribution < -0.4 is 5.32 Å². The number of hydrogen-bond donors (Lipinski definition) is 1. The molecule has 0 fully saturated rings. The van der Waals surface area contributed by atoms with Crippen LogP contribution in [-0.4, -0.2) is 29.2 Å². The van der Waals surface area contributed by atoms with Crippen LogP contribution in [0.5, 0.6) is 0 Å². The van der Waals surface area contributed by atoms with Crippen LogP contribution in [0.2, 0.25) is 0 Å². The van der Waals surface area contributed by atoms with Gasteiger partial charge in [-0.25, -0.2) is 0 Å². The molecule has 0 spiro atoms. The van der Waals surface area contributed by atoms with Gasteiger partial charge in [0.2, 0.25) is 5.91 Å². The maximum atomic E-state index is 12.3. The van der Waals surface area contributed by atoms with E-state index >= 15 is 0 Å². The molecular formula is C19H18N2O3. The number of carbonyl (C=O) groups excluding carboxylic acids is 3. The number of fused-ring (bicyclic) bond motifs is 1. The molecule has 0 atom stereocenters. The highest BCUT2D eigenvalue weighted by Crippen LogP contribution is 2.22. The lowest BCUT2D eigenvalue weighted by Crippen LogP contribution is -2.37. The monoisotopic (exact) mass is 322 g/mol. The zero-order chi connectivity index (χ0) is 17.3. The number of imide groups is 1. The highest BCUT2D eigenvalue weighted by molar-refractivity contribution is 6.22. The second-order valence-corrected chi connectivity index (χ2v) is 6.07. The summed E-state index contributed by atoms with van der Waals surface area (Å²) in [5.41, 5.74) is 2.45. The van der Waals surface area contributed by atoms with E-state index in [1.807, 2.05) is 18.2 Å². The number of rotatable bonds is 4. The van der Waals surface area contributed by atoms with Gasteiger partial charge in [-0.15, -0.1) is 0 Å².